The predicted molar refractivity (Wildman–Crippen MR) is 73.1 cm³/mol. The number of hydrogen-bond acceptors (Lipinski definition) is 4. The number of nitrogens with one attached hydrogen (secondary N) is 2. The standard InChI is InChI=1S/C12H19N3O3S/c1-3-5-9(11(16)17)15-12(18)14-8(4-2)10-13-6-7-19-10/h6-9H,3-5H2,1-2H3,(H,16,17)(H2,14,15,18)/t8?,9-/m1/s1. The molecular formula is C12H19N3O3S. The Morgan fingerprint density at radius 3 is 2.63 bits per heavy atom. The summed E-state index contributed by atoms with van der Waals surface area (Å²) in [6.45, 7) is 3.81. The van der Waals surface area contributed by atoms with Crippen molar-refractivity contribution in [2.45, 2.75) is 45.2 Å². The van der Waals surface area contributed by atoms with Gasteiger partial charge in [0.1, 0.15) is 11.0 Å². The van der Waals surface area contributed by atoms with Crippen LogP contribution in [0.5, 0.6) is 0 Å². The summed E-state index contributed by atoms with van der Waals surface area (Å²) in [5, 5.41) is 16.9. The molecule has 0 aliphatic carbocycles. The Bertz CT molecular complexity index is 408. The smallest absolute Gasteiger partial charge is 0.326 e. The van der Waals surface area contributed by atoms with Crippen molar-refractivity contribution in [3.05, 3.63) is 16.6 Å². The zero-order valence-electron chi connectivity index (χ0n) is 11.0. The Hall–Kier alpha value is -1.63. The summed E-state index contributed by atoms with van der Waals surface area (Å²) in [5.74, 6) is -1.01. The summed E-state index contributed by atoms with van der Waals surface area (Å²) in [6.07, 6.45) is 3.49. The SMILES string of the molecule is CCC[C@@H](NC(=O)NC(CC)c1nccs1)C(=O)O. The first kappa shape index (κ1) is 15.4. The summed E-state index contributed by atoms with van der Waals surface area (Å²) in [7, 11) is 0. The molecule has 0 saturated carbocycles. The largest absolute Gasteiger partial charge is 0.480 e. The number of carboxylic acid groups (broad SMARTS) is 1. The van der Waals surface area contributed by atoms with Gasteiger partial charge < -0.3 is 15.7 Å². The average molecular weight is 285 g/mol. The highest BCUT2D eigenvalue weighted by atomic mass is 32.1. The number of carbonyl (C=O) groups excluding carboxylic acids is 1. The van der Waals surface area contributed by atoms with E-state index in [9.17, 15) is 9.59 Å². The van der Waals surface area contributed by atoms with E-state index in [1.54, 1.807) is 6.20 Å². The number of aliphatic carboxylic acids is 1. The minimum Gasteiger partial charge on any atom is -0.480 e. The number of carbonyl (C=O) groups is 2. The van der Waals surface area contributed by atoms with E-state index < -0.39 is 18.0 Å². The second kappa shape index (κ2) is 7.73. The Kier molecular flexibility index (Phi) is 6.27. The molecule has 0 saturated heterocycles. The molecule has 0 fully saturated rings. The number of urea groups is 1. The molecule has 0 aromatic carbocycles. The molecule has 1 unspecified atom stereocenters. The van der Waals surface area contributed by atoms with Crippen LogP contribution in [-0.4, -0.2) is 28.1 Å². The van der Waals surface area contributed by atoms with Crippen molar-refractivity contribution in [2.75, 3.05) is 0 Å². The summed E-state index contributed by atoms with van der Waals surface area (Å²) in [4.78, 5) is 26.9. The summed E-state index contributed by atoms with van der Waals surface area (Å²) >= 11 is 1.46. The van der Waals surface area contributed by atoms with Gasteiger partial charge in [0.2, 0.25) is 0 Å². The van der Waals surface area contributed by atoms with E-state index in [0.29, 0.717) is 19.3 Å². The lowest BCUT2D eigenvalue weighted by Gasteiger charge is -2.18. The molecule has 1 aromatic rings. The van der Waals surface area contributed by atoms with E-state index in [-0.39, 0.29) is 6.04 Å². The maximum atomic E-state index is 11.8. The van der Waals surface area contributed by atoms with Crippen LogP contribution < -0.4 is 10.6 Å². The number of rotatable bonds is 7. The molecule has 1 rings (SSSR count). The summed E-state index contributed by atoms with van der Waals surface area (Å²) < 4.78 is 0. The predicted octanol–water partition coefficient (Wildman–Crippen LogP) is 2.15. The first-order valence-electron chi connectivity index (χ1n) is 6.27. The van der Waals surface area contributed by atoms with Crippen LogP contribution in [0.25, 0.3) is 0 Å². The average Bonchev–Trinajstić information content (AvgIpc) is 2.89. The molecule has 3 N–H and O–H groups in total. The Morgan fingerprint density at radius 1 is 1.42 bits per heavy atom. The minimum atomic E-state index is -1.01. The van der Waals surface area contributed by atoms with Crippen LogP contribution >= 0.6 is 11.3 Å². The van der Waals surface area contributed by atoms with Gasteiger partial charge >= 0.3 is 12.0 Å². The molecule has 1 heterocycles. The lowest BCUT2D eigenvalue weighted by Crippen LogP contribution is -2.46. The third-order valence-electron chi connectivity index (χ3n) is 2.64. The fraction of sp³-hybridized carbons (Fsp3) is 0.583. The number of hydrogen-bond donors (Lipinski definition) is 3. The normalized spacial score (nSPS) is 13.6. The number of thiazole rings is 1. The highest BCUT2D eigenvalue weighted by Crippen LogP contribution is 2.18. The van der Waals surface area contributed by atoms with Crippen LogP contribution in [0, 0.1) is 0 Å². The molecule has 19 heavy (non-hydrogen) atoms. The molecule has 0 bridgehead atoms. The van der Waals surface area contributed by atoms with Crippen LogP contribution in [0.4, 0.5) is 4.79 Å². The van der Waals surface area contributed by atoms with E-state index in [1.165, 1.54) is 11.3 Å². The first-order valence-corrected chi connectivity index (χ1v) is 7.15. The molecule has 1 aromatic heterocycles. The molecule has 2 atom stereocenters. The van der Waals surface area contributed by atoms with Crippen molar-refractivity contribution >= 4 is 23.3 Å². The van der Waals surface area contributed by atoms with Crippen molar-refractivity contribution in [1.29, 1.82) is 0 Å². The molecule has 2 amide bonds. The number of nitrogens with zero attached hydrogens (tertiary/aromatic N) is 1. The van der Waals surface area contributed by atoms with E-state index in [0.717, 1.165) is 5.01 Å². The van der Waals surface area contributed by atoms with Crippen molar-refractivity contribution in [3.8, 4) is 0 Å². The number of aromatic nitrogens is 1. The van der Waals surface area contributed by atoms with Crippen molar-refractivity contribution in [2.24, 2.45) is 0 Å². The zero-order chi connectivity index (χ0) is 14.3. The van der Waals surface area contributed by atoms with Crippen LogP contribution in [0.2, 0.25) is 0 Å². The molecular weight excluding hydrogens is 266 g/mol. The highest BCUT2D eigenvalue weighted by Gasteiger charge is 2.21. The molecule has 0 aliphatic rings. The van der Waals surface area contributed by atoms with Crippen LogP contribution in [0.3, 0.4) is 0 Å². The number of amides is 2. The van der Waals surface area contributed by atoms with Crippen LogP contribution in [0.1, 0.15) is 44.2 Å². The molecule has 7 heteroatoms. The van der Waals surface area contributed by atoms with E-state index in [2.05, 4.69) is 15.6 Å². The third kappa shape index (κ3) is 4.86. The van der Waals surface area contributed by atoms with Gasteiger partial charge in [-0.15, -0.1) is 11.3 Å². The van der Waals surface area contributed by atoms with Crippen LogP contribution in [-0.2, 0) is 4.79 Å². The van der Waals surface area contributed by atoms with Gasteiger partial charge in [0.25, 0.3) is 0 Å². The monoisotopic (exact) mass is 285 g/mol. The van der Waals surface area contributed by atoms with E-state index >= 15 is 0 Å². The molecule has 0 aliphatic heterocycles. The highest BCUT2D eigenvalue weighted by molar-refractivity contribution is 7.09. The van der Waals surface area contributed by atoms with Gasteiger partial charge in [0.05, 0.1) is 6.04 Å². The van der Waals surface area contributed by atoms with Gasteiger partial charge in [-0.25, -0.2) is 14.6 Å². The zero-order valence-corrected chi connectivity index (χ0v) is 11.9. The van der Waals surface area contributed by atoms with Gasteiger partial charge in [-0.3, -0.25) is 0 Å². The molecule has 6 nitrogen and oxygen atoms in total. The van der Waals surface area contributed by atoms with Crippen molar-refractivity contribution in [3.63, 3.8) is 0 Å². The molecule has 0 spiro atoms. The maximum Gasteiger partial charge on any atom is 0.326 e. The van der Waals surface area contributed by atoms with Gasteiger partial charge in [-0.05, 0) is 12.8 Å². The molecule has 106 valence electrons. The van der Waals surface area contributed by atoms with Crippen LogP contribution in [0.15, 0.2) is 11.6 Å². The van der Waals surface area contributed by atoms with Crippen molar-refractivity contribution < 1.29 is 14.7 Å². The first-order chi connectivity index (χ1) is 9.08. The second-order valence-corrected chi connectivity index (χ2v) is 5.05. The Labute approximate surface area is 116 Å². The number of carboxylic acids is 1. The van der Waals surface area contributed by atoms with E-state index in [4.69, 9.17) is 5.11 Å². The maximum absolute atomic E-state index is 11.8. The quantitative estimate of drug-likeness (QED) is 0.716. The lowest BCUT2D eigenvalue weighted by atomic mass is 10.2. The van der Waals surface area contributed by atoms with E-state index in [1.807, 2.05) is 19.2 Å². The van der Waals surface area contributed by atoms with Gasteiger partial charge in [-0.1, -0.05) is 20.3 Å². The molecule has 0 radical (unpaired) electrons. The Balaban J connectivity index is 2.55. The summed E-state index contributed by atoms with van der Waals surface area (Å²) in [5.41, 5.74) is 0. The second-order valence-electron chi connectivity index (χ2n) is 4.13. The van der Waals surface area contributed by atoms with Gasteiger partial charge in [0.15, 0.2) is 0 Å². The minimum absolute atomic E-state index is 0.184. The topological polar surface area (TPSA) is 91.3 Å². The van der Waals surface area contributed by atoms with Gasteiger partial charge in [0, 0.05) is 11.6 Å². The van der Waals surface area contributed by atoms with Gasteiger partial charge in [-0.2, -0.15) is 0 Å². The Morgan fingerprint density at radius 2 is 2.16 bits per heavy atom. The fourth-order valence-electron chi connectivity index (χ4n) is 1.65. The lowest BCUT2D eigenvalue weighted by molar-refractivity contribution is -0.139. The third-order valence-corrected chi connectivity index (χ3v) is 3.53. The van der Waals surface area contributed by atoms with Crippen molar-refractivity contribution in [1.82, 2.24) is 15.6 Å². The summed E-state index contributed by atoms with van der Waals surface area (Å²) in [6, 6.07) is -1.50. The fourth-order valence-corrected chi connectivity index (χ4v) is 2.42.